The Morgan fingerprint density at radius 2 is 1.75 bits per heavy atom. The number of rotatable bonds is 6. The predicted octanol–water partition coefficient (Wildman–Crippen LogP) is 2.96. The molecule has 0 saturated heterocycles. The van der Waals surface area contributed by atoms with Gasteiger partial charge in [0.15, 0.2) is 0 Å². The highest BCUT2D eigenvalue weighted by Crippen LogP contribution is 2.17. The van der Waals surface area contributed by atoms with Crippen LogP contribution in [0.2, 0.25) is 0 Å². The number of benzene rings is 1. The largest absolute Gasteiger partial charge is 0.352 e. The van der Waals surface area contributed by atoms with Crippen molar-refractivity contribution in [2.75, 3.05) is 0 Å². The summed E-state index contributed by atoms with van der Waals surface area (Å²) in [4.78, 5) is 24.6. The Bertz CT molecular complexity index is 525. The van der Waals surface area contributed by atoms with Crippen LogP contribution in [0.25, 0.3) is 0 Å². The standard InChI is InChI=1S/C19H29N3O2/c1-14(2)17(18(23)21-16-11-7-4-8-12-16)22-19(24)20-13-15-9-5-3-6-10-15/h3,5-6,9-10,14,16-17H,4,7-8,11-13H2,1-2H3,(H,21,23)(H2,20,22,24)/t17-/m1/s1. The van der Waals surface area contributed by atoms with Gasteiger partial charge < -0.3 is 16.0 Å². The van der Waals surface area contributed by atoms with Crippen LogP contribution in [0.1, 0.15) is 51.5 Å². The van der Waals surface area contributed by atoms with Gasteiger partial charge in [-0.3, -0.25) is 4.79 Å². The Morgan fingerprint density at radius 3 is 2.38 bits per heavy atom. The molecule has 132 valence electrons. The van der Waals surface area contributed by atoms with Gasteiger partial charge in [0.05, 0.1) is 0 Å². The van der Waals surface area contributed by atoms with Gasteiger partial charge in [0.25, 0.3) is 0 Å². The van der Waals surface area contributed by atoms with Gasteiger partial charge in [-0.25, -0.2) is 4.79 Å². The second-order valence-electron chi connectivity index (χ2n) is 6.88. The lowest BCUT2D eigenvalue weighted by molar-refractivity contribution is -0.124. The van der Waals surface area contributed by atoms with Crippen molar-refractivity contribution >= 4 is 11.9 Å². The van der Waals surface area contributed by atoms with E-state index in [1.807, 2.05) is 44.2 Å². The maximum absolute atomic E-state index is 12.5. The molecular formula is C19H29N3O2. The lowest BCUT2D eigenvalue weighted by Crippen LogP contribution is -2.54. The van der Waals surface area contributed by atoms with Crippen LogP contribution in [0.5, 0.6) is 0 Å². The van der Waals surface area contributed by atoms with Gasteiger partial charge in [-0.15, -0.1) is 0 Å². The van der Waals surface area contributed by atoms with Crippen LogP contribution in [0, 0.1) is 5.92 Å². The molecule has 1 saturated carbocycles. The van der Waals surface area contributed by atoms with Crippen molar-refractivity contribution in [3.63, 3.8) is 0 Å². The van der Waals surface area contributed by atoms with Gasteiger partial charge in [-0.2, -0.15) is 0 Å². The van der Waals surface area contributed by atoms with Crippen molar-refractivity contribution in [2.24, 2.45) is 5.92 Å². The van der Waals surface area contributed by atoms with E-state index in [1.54, 1.807) is 0 Å². The van der Waals surface area contributed by atoms with Gasteiger partial charge in [0, 0.05) is 12.6 Å². The molecule has 1 aliphatic rings. The molecule has 0 unspecified atom stereocenters. The van der Waals surface area contributed by atoms with Gasteiger partial charge >= 0.3 is 6.03 Å². The van der Waals surface area contributed by atoms with Crippen LogP contribution in [0.15, 0.2) is 30.3 Å². The predicted molar refractivity (Wildman–Crippen MR) is 95.5 cm³/mol. The van der Waals surface area contributed by atoms with Gasteiger partial charge in [-0.1, -0.05) is 63.4 Å². The molecule has 1 aromatic carbocycles. The lowest BCUT2D eigenvalue weighted by Gasteiger charge is -2.27. The summed E-state index contributed by atoms with van der Waals surface area (Å²) >= 11 is 0. The highest BCUT2D eigenvalue weighted by atomic mass is 16.2. The first kappa shape index (κ1) is 18.3. The fourth-order valence-electron chi connectivity index (χ4n) is 3.04. The number of nitrogens with one attached hydrogen (secondary N) is 3. The van der Waals surface area contributed by atoms with Gasteiger partial charge in [-0.05, 0) is 24.3 Å². The van der Waals surface area contributed by atoms with Gasteiger partial charge in [0.2, 0.25) is 5.91 Å². The zero-order valence-electron chi connectivity index (χ0n) is 14.7. The van der Waals surface area contributed by atoms with Crippen LogP contribution in [0.4, 0.5) is 4.79 Å². The van der Waals surface area contributed by atoms with Crippen LogP contribution in [0.3, 0.4) is 0 Å². The monoisotopic (exact) mass is 331 g/mol. The third kappa shape index (κ3) is 5.87. The van der Waals surface area contributed by atoms with Crippen molar-refractivity contribution < 1.29 is 9.59 Å². The summed E-state index contributed by atoms with van der Waals surface area (Å²) in [5, 5.41) is 8.72. The topological polar surface area (TPSA) is 70.2 Å². The minimum atomic E-state index is -0.511. The maximum Gasteiger partial charge on any atom is 0.315 e. The molecule has 3 amide bonds. The van der Waals surface area contributed by atoms with E-state index in [4.69, 9.17) is 0 Å². The van der Waals surface area contributed by atoms with Crippen LogP contribution in [-0.2, 0) is 11.3 Å². The molecule has 0 radical (unpaired) electrons. The molecule has 5 heteroatoms. The Balaban J connectivity index is 1.82. The van der Waals surface area contributed by atoms with Crippen LogP contribution in [-0.4, -0.2) is 24.0 Å². The fourth-order valence-corrected chi connectivity index (χ4v) is 3.04. The Hall–Kier alpha value is -2.04. The number of carbonyl (C=O) groups is 2. The SMILES string of the molecule is CC(C)[C@@H](NC(=O)NCc1ccccc1)C(=O)NC1CCCCC1. The molecule has 3 N–H and O–H groups in total. The van der Waals surface area contributed by atoms with Crippen molar-refractivity contribution in [3.8, 4) is 0 Å². The van der Waals surface area contributed by atoms with Crippen LogP contribution < -0.4 is 16.0 Å². The Morgan fingerprint density at radius 1 is 1.08 bits per heavy atom. The third-order valence-corrected chi connectivity index (χ3v) is 4.48. The number of hydrogen-bond acceptors (Lipinski definition) is 2. The number of carbonyl (C=O) groups excluding carboxylic acids is 2. The second-order valence-corrected chi connectivity index (χ2v) is 6.88. The molecule has 1 atom stereocenters. The van der Waals surface area contributed by atoms with E-state index in [0.29, 0.717) is 6.54 Å². The van der Waals surface area contributed by atoms with Crippen molar-refractivity contribution in [2.45, 2.75) is 64.6 Å². The molecule has 1 fully saturated rings. The van der Waals surface area contributed by atoms with E-state index in [2.05, 4.69) is 16.0 Å². The fraction of sp³-hybridized carbons (Fsp3) is 0.579. The first-order valence-corrected chi connectivity index (χ1v) is 8.95. The third-order valence-electron chi connectivity index (χ3n) is 4.48. The summed E-state index contributed by atoms with van der Waals surface area (Å²) in [6, 6.07) is 9.15. The molecule has 0 aromatic heterocycles. The van der Waals surface area contributed by atoms with E-state index in [1.165, 1.54) is 19.3 Å². The first-order chi connectivity index (χ1) is 11.6. The quantitative estimate of drug-likeness (QED) is 0.750. The second kappa shape index (κ2) is 9.30. The first-order valence-electron chi connectivity index (χ1n) is 8.95. The average Bonchev–Trinajstić information content (AvgIpc) is 2.59. The number of hydrogen-bond donors (Lipinski definition) is 3. The summed E-state index contributed by atoms with van der Waals surface area (Å²) in [6.45, 7) is 4.34. The van der Waals surface area contributed by atoms with Gasteiger partial charge in [0.1, 0.15) is 6.04 Å². The maximum atomic E-state index is 12.5. The van der Waals surface area contributed by atoms with Crippen LogP contribution >= 0.6 is 0 Å². The summed E-state index contributed by atoms with van der Waals surface area (Å²) in [5.41, 5.74) is 1.03. The molecular weight excluding hydrogens is 302 g/mol. The van der Waals surface area contributed by atoms with Crippen molar-refractivity contribution in [1.29, 1.82) is 0 Å². The molecule has 0 heterocycles. The molecule has 2 rings (SSSR count). The van der Waals surface area contributed by atoms with E-state index >= 15 is 0 Å². The van der Waals surface area contributed by atoms with E-state index in [-0.39, 0.29) is 23.9 Å². The zero-order valence-corrected chi connectivity index (χ0v) is 14.7. The minimum absolute atomic E-state index is 0.0380. The van der Waals surface area contributed by atoms with Crippen molar-refractivity contribution in [1.82, 2.24) is 16.0 Å². The summed E-state index contributed by atoms with van der Waals surface area (Å²) < 4.78 is 0. The number of urea groups is 1. The van der Waals surface area contributed by atoms with Crippen molar-refractivity contribution in [3.05, 3.63) is 35.9 Å². The normalized spacial score (nSPS) is 16.5. The Labute approximate surface area is 144 Å². The summed E-state index contributed by atoms with van der Waals surface area (Å²) in [5.74, 6) is -0.0390. The smallest absolute Gasteiger partial charge is 0.315 e. The summed E-state index contributed by atoms with van der Waals surface area (Å²) in [6.07, 6.45) is 5.66. The molecule has 0 aliphatic heterocycles. The van der Waals surface area contributed by atoms with E-state index < -0.39 is 6.04 Å². The molecule has 0 spiro atoms. The average molecular weight is 331 g/mol. The molecule has 24 heavy (non-hydrogen) atoms. The lowest BCUT2D eigenvalue weighted by atomic mass is 9.94. The summed E-state index contributed by atoms with van der Waals surface area (Å²) in [7, 11) is 0. The molecule has 0 bridgehead atoms. The minimum Gasteiger partial charge on any atom is -0.352 e. The highest BCUT2D eigenvalue weighted by Gasteiger charge is 2.26. The molecule has 1 aliphatic carbocycles. The Kier molecular flexibility index (Phi) is 7.09. The molecule has 5 nitrogen and oxygen atoms in total. The van der Waals surface area contributed by atoms with E-state index in [9.17, 15) is 9.59 Å². The number of amides is 3. The highest BCUT2D eigenvalue weighted by molar-refractivity contribution is 5.87. The zero-order chi connectivity index (χ0) is 17.4. The van der Waals surface area contributed by atoms with E-state index in [0.717, 1.165) is 18.4 Å². The molecule has 1 aromatic rings.